The molecule has 27 heavy (non-hydrogen) atoms. The minimum absolute atomic E-state index is 0.102. The van der Waals surface area contributed by atoms with Gasteiger partial charge in [-0.15, -0.1) is 11.3 Å². The van der Waals surface area contributed by atoms with Crippen molar-refractivity contribution in [2.75, 3.05) is 6.61 Å². The molecule has 0 radical (unpaired) electrons. The number of nitrogens with zero attached hydrogens (tertiary/aromatic N) is 2. The summed E-state index contributed by atoms with van der Waals surface area (Å²) >= 11 is 1.68. The summed E-state index contributed by atoms with van der Waals surface area (Å²) in [6.07, 6.45) is 4.07. The van der Waals surface area contributed by atoms with Crippen LogP contribution < -0.4 is 0 Å². The molecule has 0 bridgehead atoms. The first-order valence-corrected chi connectivity index (χ1v) is 9.97. The van der Waals surface area contributed by atoms with Gasteiger partial charge >= 0.3 is 5.97 Å². The van der Waals surface area contributed by atoms with Crippen LogP contribution in [0.2, 0.25) is 0 Å². The number of aromatic nitrogens is 1. The molecule has 0 fully saturated rings. The van der Waals surface area contributed by atoms with E-state index in [1.165, 1.54) is 0 Å². The van der Waals surface area contributed by atoms with E-state index in [0.29, 0.717) is 18.6 Å². The molecule has 1 atom stereocenters. The van der Waals surface area contributed by atoms with Crippen molar-refractivity contribution in [1.29, 1.82) is 5.26 Å². The van der Waals surface area contributed by atoms with Crippen molar-refractivity contribution in [3.63, 3.8) is 0 Å². The molecule has 0 saturated heterocycles. The summed E-state index contributed by atoms with van der Waals surface area (Å²) < 4.78 is 6.19. The first kappa shape index (κ1) is 20.6. The third kappa shape index (κ3) is 4.93. The maximum Gasteiger partial charge on any atom is 0.306 e. The Balaban J connectivity index is 0.00000126. The van der Waals surface area contributed by atoms with Crippen LogP contribution in [0.4, 0.5) is 0 Å². The van der Waals surface area contributed by atoms with Gasteiger partial charge in [-0.25, -0.2) is 0 Å². The van der Waals surface area contributed by atoms with Gasteiger partial charge in [-0.3, -0.25) is 9.78 Å². The summed E-state index contributed by atoms with van der Waals surface area (Å²) in [7, 11) is 0. The number of fused-ring (bicyclic) bond motifs is 1. The predicted molar refractivity (Wildman–Crippen MR) is 111 cm³/mol. The second kappa shape index (κ2) is 9.84. The van der Waals surface area contributed by atoms with E-state index in [4.69, 9.17) is 10.00 Å². The molecule has 0 saturated carbocycles. The molecule has 3 rings (SSSR count). The highest BCUT2D eigenvalue weighted by Gasteiger charge is 2.16. The number of hydrogen-bond donors (Lipinski definition) is 0. The van der Waals surface area contributed by atoms with Gasteiger partial charge in [-0.1, -0.05) is 32.9 Å². The van der Waals surface area contributed by atoms with E-state index in [1.54, 1.807) is 11.3 Å². The Bertz CT molecular complexity index is 939. The van der Waals surface area contributed by atoms with Gasteiger partial charge in [0.25, 0.3) is 0 Å². The molecule has 0 aliphatic carbocycles. The standard InChI is InChI=1S/C20H18N2O2S.C2H6/c1-3-24-19(23)8-13(2)18-9-16-11-22-12-17(20(16)25-18)15-6-4-14(10-21)5-7-15;1-2/h4-7,9,11-13H,3,8H2,1-2H3;1-2H3. The molecule has 140 valence electrons. The van der Waals surface area contributed by atoms with E-state index >= 15 is 0 Å². The van der Waals surface area contributed by atoms with E-state index in [-0.39, 0.29) is 11.9 Å². The molecular formula is C22H24N2O2S. The zero-order valence-electron chi connectivity index (χ0n) is 16.2. The van der Waals surface area contributed by atoms with Crippen LogP contribution in [0.5, 0.6) is 0 Å². The van der Waals surface area contributed by atoms with Crippen LogP contribution in [0, 0.1) is 11.3 Å². The molecular weight excluding hydrogens is 356 g/mol. The van der Waals surface area contributed by atoms with Crippen molar-refractivity contribution < 1.29 is 9.53 Å². The Labute approximate surface area is 164 Å². The summed E-state index contributed by atoms with van der Waals surface area (Å²) in [5.41, 5.74) is 2.71. The Hall–Kier alpha value is -2.71. The van der Waals surface area contributed by atoms with Gasteiger partial charge in [0.2, 0.25) is 0 Å². The van der Waals surface area contributed by atoms with Crippen LogP contribution >= 0.6 is 11.3 Å². The smallest absolute Gasteiger partial charge is 0.306 e. The number of hydrogen-bond acceptors (Lipinski definition) is 5. The molecule has 0 aliphatic rings. The van der Waals surface area contributed by atoms with Crippen molar-refractivity contribution in [2.45, 2.75) is 40.0 Å². The lowest BCUT2D eigenvalue weighted by Gasteiger charge is -2.08. The number of ether oxygens (including phenoxy) is 1. The summed E-state index contributed by atoms with van der Waals surface area (Å²) in [6, 6.07) is 11.7. The lowest BCUT2D eigenvalue weighted by atomic mass is 10.0. The van der Waals surface area contributed by atoms with Gasteiger partial charge in [-0.05, 0) is 30.7 Å². The van der Waals surface area contributed by atoms with Crippen LogP contribution in [0.15, 0.2) is 42.7 Å². The van der Waals surface area contributed by atoms with Gasteiger partial charge in [0.15, 0.2) is 0 Å². The first-order valence-electron chi connectivity index (χ1n) is 9.16. The second-order valence-electron chi connectivity index (χ2n) is 5.85. The van der Waals surface area contributed by atoms with Crippen LogP contribution in [0.3, 0.4) is 0 Å². The van der Waals surface area contributed by atoms with E-state index in [0.717, 1.165) is 26.1 Å². The van der Waals surface area contributed by atoms with Gasteiger partial charge in [0, 0.05) is 38.8 Å². The number of carbonyl (C=O) groups is 1. The lowest BCUT2D eigenvalue weighted by Crippen LogP contribution is -2.07. The number of carbonyl (C=O) groups excluding carboxylic acids is 1. The van der Waals surface area contributed by atoms with E-state index in [2.05, 4.69) is 17.1 Å². The molecule has 2 heterocycles. The van der Waals surface area contributed by atoms with Gasteiger partial charge in [0.1, 0.15) is 0 Å². The van der Waals surface area contributed by atoms with Crippen LogP contribution in [-0.4, -0.2) is 17.6 Å². The molecule has 4 nitrogen and oxygen atoms in total. The molecule has 0 aliphatic heterocycles. The van der Waals surface area contributed by atoms with Crippen LogP contribution in [0.25, 0.3) is 21.2 Å². The van der Waals surface area contributed by atoms with E-state index in [1.807, 2.05) is 64.4 Å². The quantitative estimate of drug-likeness (QED) is 0.516. The molecule has 1 unspecified atom stereocenters. The number of rotatable bonds is 5. The summed E-state index contributed by atoms with van der Waals surface area (Å²) in [6.45, 7) is 8.26. The van der Waals surface area contributed by atoms with Gasteiger partial charge < -0.3 is 4.74 Å². The summed E-state index contributed by atoms with van der Waals surface area (Å²) in [5.74, 6) is -0.0665. The Morgan fingerprint density at radius 2 is 1.96 bits per heavy atom. The summed E-state index contributed by atoms with van der Waals surface area (Å²) in [5, 5.41) is 10.0. The molecule has 5 heteroatoms. The van der Waals surface area contributed by atoms with Gasteiger partial charge in [0.05, 0.1) is 24.7 Å². The number of esters is 1. The highest BCUT2D eigenvalue weighted by molar-refractivity contribution is 7.19. The fourth-order valence-corrected chi connectivity index (χ4v) is 3.94. The Kier molecular flexibility index (Phi) is 7.51. The van der Waals surface area contributed by atoms with Crippen molar-refractivity contribution in [2.24, 2.45) is 0 Å². The third-order valence-electron chi connectivity index (χ3n) is 4.03. The highest BCUT2D eigenvalue weighted by Crippen LogP contribution is 2.37. The van der Waals surface area contributed by atoms with Crippen molar-refractivity contribution in [1.82, 2.24) is 4.98 Å². The fourth-order valence-electron chi connectivity index (χ4n) is 2.73. The normalized spacial score (nSPS) is 11.2. The van der Waals surface area contributed by atoms with Crippen molar-refractivity contribution in [3.05, 3.63) is 53.2 Å². The van der Waals surface area contributed by atoms with Crippen molar-refractivity contribution in [3.8, 4) is 17.2 Å². The molecule has 1 aromatic carbocycles. The van der Waals surface area contributed by atoms with Gasteiger partial charge in [-0.2, -0.15) is 5.26 Å². The molecule has 0 N–H and O–H groups in total. The van der Waals surface area contributed by atoms with Crippen LogP contribution in [0.1, 0.15) is 50.5 Å². The zero-order chi connectivity index (χ0) is 19.8. The minimum Gasteiger partial charge on any atom is -0.466 e. The minimum atomic E-state index is -0.169. The molecule has 3 aromatic rings. The van der Waals surface area contributed by atoms with E-state index < -0.39 is 0 Å². The third-order valence-corrected chi connectivity index (χ3v) is 5.45. The molecule has 0 amide bonds. The molecule has 2 aromatic heterocycles. The van der Waals surface area contributed by atoms with Crippen LogP contribution in [-0.2, 0) is 9.53 Å². The number of nitriles is 1. The topological polar surface area (TPSA) is 63.0 Å². The lowest BCUT2D eigenvalue weighted by molar-refractivity contribution is -0.143. The van der Waals surface area contributed by atoms with E-state index in [9.17, 15) is 4.79 Å². The fraction of sp³-hybridized carbons (Fsp3) is 0.318. The first-order chi connectivity index (χ1) is 13.1. The Morgan fingerprint density at radius 3 is 2.59 bits per heavy atom. The maximum atomic E-state index is 11.7. The monoisotopic (exact) mass is 380 g/mol. The average molecular weight is 381 g/mol. The average Bonchev–Trinajstić information content (AvgIpc) is 3.14. The molecule has 0 spiro atoms. The summed E-state index contributed by atoms with van der Waals surface area (Å²) in [4.78, 5) is 17.2. The number of pyridine rings is 1. The SMILES string of the molecule is CC.CCOC(=O)CC(C)c1cc2cncc(-c3ccc(C#N)cc3)c2s1. The zero-order valence-corrected chi connectivity index (χ0v) is 17.0. The second-order valence-corrected chi connectivity index (χ2v) is 6.94. The Morgan fingerprint density at radius 1 is 1.26 bits per heavy atom. The largest absolute Gasteiger partial charge is 0.466 e. The number of benzene rings is 1. The maximum absolute atomic E-state index is 11.7. The highest BCUT2D eigenvalue weighted by atomic mass is 32.1. The predicted octanol–water partition coefficient (Wildman–Crippen LogP) is 5.92. The number of thiophene rings is 1. The van der Waals surface area contributed by atoms with Crippen molar-refractivity contribution >= 4 is 27.4 Å².